The smallest absolute Gasteiger partial charge is 0.224 e. The molecular weight excluding hydrogens is 298 g/mol. The highest BCUT2D eigenvalue weighted by atomic mass is 35.5. The van der Waals surface area contributed by atoms with E-state index in [0.717, 1.165) is 11.3 Å². The molecule has 22 heavy (non-hydrogen) atoms. The van der Waals surface area contributed by atoms with Crippen molar-refractivity contribution in [2.75, 3.05) is 10.6 Å². The van der Waals surface area contributed by atoms with Crippen LogP contribution in [0.4, 0.5) is 17.2 Å². The second kappa shape index (κ2) is 7.27. The van der Waals surface area contributed by atoms with Gasteiger partial charge in [0.15, 0.2) is 0 Å². The molecular formula is C17H20ClN3O. The Hall–Kier alpha value is -2.07. The molecule has 0 aliphatic heterocycles. The predicted molar refractivity (Wildman–Crippen MR) is 91.8 cm³/mol. The van der Waals surface area contributed by atoms with Crippen LogP contribution in [0.25, 0.3) is 0 Å². The first-order chi connectivity index (χ1) is 10.4. The summed E-state index contributed by atoms with van der Waals surface area (Å²) in [6.07, 6.45) is 2.14. The molecule has 1 aromatic carbocycles. The van der Waals surface area contributed by atoms with Gasteiger partial charge in [-0.05, 0) is 42.7 Å². The van der Waals surface area contributed by atoms with E-state index in [4.69, 9.17) is 11.6 Å². The molecule has 0 aliphatic rings. The Morgan fingerprint density at radius 2 is 2.05 bits per heavy atom. The number of pyridine rings is 1. The topological polar surface area (TPSA) is 54.0 Å². The highest BCUT2D eigenvalue weighted by Gasteiger charge is 2.06. The first kappa shape index (κ1) is 16.3. The molecule has 0 bridgehead atoms. The van der Waals surface area contributed by atoms with Crippen LogP contribution in [-0.2, 0) is 4.79 Å². The average Bonchev–Trinajstić information content (AvgIpc) is 2.44. The lowest BCUT2D eigenvalue weighted by molar-refractivity contribution is -0.116. The van der Waals surface area contributed by atoms with Gasteiger partial charge in [0.05, 0.1) is 11.9 Å². The van der Waals surface area contributed by atoms with E-state index in [1.807, 2.05) is 51.1 Å². The lowest BCUT2D eigenvalue weighted by Crippen LogP contribution is -2.13. The van der Waals surface area contributed by atoms with Gasteiger partial charge in [-0.15, -0.1) is 0 Å². The number of aromatic nitrogens is 1. The zero-order valence-electron chi connectivity index (χ0n) is 13.0. The maximum atomic E-state index is 11.7. The van der Waals surface area contributed by atoms with Crippen LogP contribution < -0.4 is 10.6 Å². The molecule has 2 aromatic rings. The molecule has 2 N–H and O–H groups in total. The summed E-state index contributed by atoms with van der Waals surface area (Å²) >= 11 is 6.00. The van der Waals surface area contributed by atoms with Crippen LogP contribution >= 0.6 is 11.6 Å². The molecule has 0 unspecified atom stereocenters. The van der Waals surface area contributed by atoms with Crippen molar-refractivity contribution in [3.8, 4) is 0 Å². The van der Waals surface area contributed by atoms with E-state index in [9.17, 15) is 4.79 Å². The molecule has 1 amide bonds. The Bertz CT molecular complexity index is 653. The SMILES string of the molecule is Cc1ccc(Cl)cc1Nc1ccc(NC(=O)CC(C)C)cn1. The van der Waals surface area contributed by atoms with E-state index < -0.39 is 0 Å². The summed E-state index contributed by atoms with van der Waals surface area (Å²) in [7, 11) is 0. The molecule has 0 spiro atoms. The Kier molecular flexibility index (Phi) is 5.39. The van der Waals surface area contributed by atoms with Gasteiger partial charge >= 0.3 is 0 Å². The monoisotopic (exact) mass is 317 g/mol. The second-order valence-electron chi connectivity index (χ2n) is 5.66. The standard InChI is InChI=1S/C17H20ClN3O/c1-11(2)8-17(22)20-14-6-7-16(19-10-14)21-15-9-13(18)5-4-12(15)3/h4-7,9-11H,8H2,1-3H3,(H,19,21)(H,20,22). The number of amides is 1. The minimum Gasteiger partial charge on any atom is -0.340 e. The molecule has 0 atom stereocenters. The number of nitrogens with zero attached hydrogens (tertiary/aromatic N) is 1. The van der Waals surface area contributed by atoms with E-state index in [2.05, 4.69) is 15.6 Å². The van der Waals surface area contributed by atoms with Gasteiger partial charge in [-0.25, -0.2) is 4.98 Å². The quantitative estimate of drug-likeness (QED) is 0.835. The molecule has 5 heteroatoms. The molecule has 0 saturated heterocycles. The number of carbonyl (C=O) groups is 1. The first-order valence-corrected chi connectivity index (χ1v) is 7.61. The number of hydrogen-bond acceptors (Lipinski definition) is 3. The molecule has 0 aliphatic carbocycles. The molecule has 116 valence electrons. The summed E-state index contributed by atoms with van der Waals surface area (Å²) in [6.45, 7) is 6.02. The van der Waals surface area contributed by atoms with Gasteiger partial charge in [0, 0.05) is 17.1 Å². The lowest BCUT2D eigenvalue weighted by Gasteiger charge is -2.10. The maximum absolute atomic E-state index is 11.7. The summed E-state index contributed by atoms with van der Waals surface area (Å²) in [5, 5.41) is 6.72. The molecule has 1 heterocycles. The number of hydrogen-bond donors (Lipinski definition) is 2. The van der Waals surface area contributed by atoms with E-state index in [1.54, 1.807) is 6.20 Å². The Labute approximate surface area is 135 Å². The summed E-state index contributed by atoms with van der Waals surface area (Å²) in [6, 6.07) is 9.31. The zero-order valence-corrected chi connectivity index (χ0v) is 13.7. The van der Waals surface area contributed by atoms with Gasteiger partial charge in [0.2, 0.25) is 5.91 Å². The highest BCUT2D eigenvalue weighted by molar-refractivity contribution is 6.30. The van der Waals surface area contributed by atoms with Crippen molar-refractivity contribution in [3.05, 3.63) is 47.1 Å². The normalized spacial score (nSPS) is 10.6. The molecule has 0 fully saturated rings. The fourth-order valence-corrected chi connectivity index (χ4v) is 2.16. The van der Waals surface area contributed by atoms with E-state index in [-0.39, 0.29) is 5.91 Å². The number of benzene rings is 1. The third-order valence-corrected chi connectivity index (χ3v) is 3.34. The number of carbonyl (C=O) groups excluding carboxylic acids is 1. The minimum absolute atomic E-state index is 0.00296. The number of aryl methyl sites for hydroxylation is 1. The number of rotatable bonds is 5. The first-order valence-electron chi connectivity index (χ1n) is 7.23. The van der Waals surface area contributed by atoms with Crippen molar-refractivity contribution >= 4 is 34.7 Å². The third kappa shape index (κ3) is 4.74. The van der Waals surface area contributed by atoms with Crippen molar-refractivity contribution in [2.45, 2.75) is 27.2 Å². The van der Waals surface area contributed by atoms with Crippen LogP contribution in [-0.4, -0.2) is 10.9 Å². The molecule has 0 saturated carbocycles. The van der Waals surface area contributed by atoms with Crippen molar-refractivity contribution in [3.63, 3.8) is 0 Å². The average molecular weight is 318 g/mol. The number of anilines is 3. The zero-order chi connectivity index (χ0) is 16.1. The maximum Gasteiger partial charge on any atom is 0.224 e. The van der Waals surface area contributed by atoms with Gasteiger partial charge < -0.3 is 10.6 Å². The summed E-state index contributed by atoms with van der Waals surface area (Å²) < 4.78 is 0. The summed E-state index contributed by atoms with van der Waals surface area (Å²) in [5.41, 5.74) is 2.69. The van der Waals surface area contributed by atoms with E-state index in [0.29, 0.717) is 28.9 Å². The van der Waals surface area contributed by atoms with E-state index in [1.165, 1.54) is 0 Å². The van der Waals surface area contributed by atoms with Crippen LogP contribution in [0.5, 0.6) is 0 Å². The predicted octanol–water partition coefficient (Wildman–Crippen LogP) is 4.77. The highest BCUT2D eigenvalue weighted by Crippen LogP contribution is 2.23. The van der Waals surface area contributed by atoms with Gasteiger partial charge in [0.1, 0.15) is 5.82 Å². The van der Waals surface area contributed by atoms with Crippen molar-refractivity contribution in [2.24, 2.45) is 5.92 Å². The lowest BCUT2D eigenvalue weighted by atomic mass is 10.1. The van der Waals surface area contributed by atoms with Crippen molar-refractivity contribution in [1.82, 2.24) is 4.98 Å². The Morgan fingerprint density at radius 3 is 2.68 bits per heavy atom. The van der Waals surface area contributed by atoms with Crippen LogP contribution in [0, 0.1) is 12.8 Å². The molecule has 2 rings (SSSR count). The van der Waals surface area contributed by atoms with Crippen LogP contribution in [0.3, 0.4) is 0 Å². The molecule has 1 aromatic heterocycles. The third-order valence-electron chi connectivity index (χ3n) is 3.10. The Morgan fingerprint density at radius 1 is 1.27 bits per heavy atom. The van der Waals surface area contributed by atoms with Gasteiger partial charge in [0.25, 0.3) is 0 Å². The molecule has 4 nitrogen and oxygen atoms in total. The van der Waals surface area contributed by atoms with Crippen LogP contribution in [0.1, 0.15) is 25.8 Å². The van der Waals surface area contributed by atoms with Gasteiger partial charge in [-0.3, -0.25) is 4.79 Å². The van der Waals surface area contributed by atoms with Crippen molar-refractivity contribution in [1.29, 1.82) is 0 Å². The largest absolute Gasteiger partial charge is 0.340 e. The number of nitrogens with one attached hydrogen (secondary N) is 2. The summed E-state index contributed by atoms with van der Waals surface area (Å²) in [5.74, 6) is 1.04. The number of halogens is 1. The fourth-order valence-electron chi connectivity index (χ4n) is 1.99. The van der Waals surface area contributed by atoms with Crippen LogP contribution in [0.2, 0.25) is 5.02 Å². The van der Waals surface area contributed by atoms with Crippen molar-refractivity contribution < 1.29 is 4.79 Å². The molecule has 0 radical (unpaired) electrons. The van der Waals surface area contributed by atoms with Gasteiger partial charge in [-0.1, -0.05) is 31.5 Å². The fraction of sp³-hybridized carbons (Fsp3) is 0.294. The Balaban J connectivity index is 2.03. The summed E-state index contributed by atoms with van der Waals surface area (Å²) in [4.78, 5) is 16.0. The van der Waals surface area contributed by atoms with Gasteiger partial charge in [-0.2, -0.15) is 0 Å². The minimum atomic E-state index is 0.00296. The second-order valence-corrected chi connectivity index (χ2v) is 6.10. The van der Waals surface area contributed by atoms with Crippen LogP contribution in [0.15, 0.2) is 36.5 Å². The van der Waals surface area contributed by atoms with E-state index >= 15 is 0 Å².